The number of carbonyl (C=O) groups excluding carboxylic acids is 2. The zero-order chi connectivity index (χ0) is 30.2. The fourth-order valence-electron chi connectivity index (χ4n) is 5.96. The molecule has 1 N–H and O–H groups in total. The minimum atomic E-state index is -3.80. The number of halogens is 3. The number of thiazole rings is 1. The maximum absolute atomic E-state index is 14.9. The second kappa shape index (κ2) is 10.4. The summed E-state index contributed by atoms with van der Waals surface area (Å²) in [7, 11) is -3.80. The zero-order valence-corrected chi connectivity index (χ0v) is 25.6. The van der Waals surface area contributed by atoms with Gasteiger partial charge in [0, 0.05) is 42.0 Å². The van der Waals surface area contributed by atoms with Crippen LogP contribution in [0.15, 0.2) is 34.9 Å². The molecule has 3 aliphatic rings. The number of nitrogens with zero attached hydrogens (tertiary/aromatic N) is 3. The molecule has 7 rings (SSSR count). The average molecular weight is 666 g/mol. The third-order valence-corrected chi connectivity index (χ3v) is 10.3. The molecule has 1 aliphatic heterocycles. The van der Waals surface area contributed by atoms with E-state index in [0.717, 1.165) is 31.6 Å². The Bertz CT molecular complexity index is 1900. The quantitative estimate of drug-likeness (QED) is 0.244. The van der Waals surface area contributed by atoms with Gasteiger partial charge in [0.2, 0.25) is 10.0 Å². The maximum Gasteiger partial charge on any atom is 0.344 e. The molecule has 3 fully saturated rings. The van der Waals surface area contributed by atoms with Crippen LogP contribution >= 0.6 is 34.5 Å². The Balaban J connectivity index is 1.10. The first-order chi connectivity index (χ1) is 20.5. The van der Waals surface area contributed by atoms with Gasteiger partial charge in [-0.15, -0.1) is 0 Å². The Hall–Kier alpha value is -3.26. The highest BCUT2D eigenvalue weighted by molar-refractivity contribution is 7.89. The molecular formula is C28H23Cl2FN4O6S2. The molecule has 10 nitrogen and oxygen atoms in total. The summed E-state index contributed by atoms with van der Waals surface area (Å²) in [6.45, 7) is 0.549. The number of fused-ring (bicyclic) bond motifs is 3. The van der Waals surface area contributed by atoms with Gasteiger partial charge < -0.3 is 14.2 Å². The number of aromatic nitrogens is 2. The summed E-state index contributed by atoms with van der Waals surface area (Å²) in [4.78, 5) is 32.5. The van der Waals surface area contributed by atoms with E-state index in [1.165, 1.54) is 17.4 Å². The van der Waals surface area contributed by atoms with E-state index < -0.39 is 27.7 Å². The topological polar surface area (TPSA) is 132 Å². The summed E-state index contributed by atoms with van der Waals surface area (Å²) in [5.41, 5.74) is 0.945. The maximum atomic E-state index is 14.9. The number of amides is 1. The second-order valence-electron chi connectivity index (χ2n) is 11.1. The summed E-state index contributed by atoms with van der Waals surface area (Å²) in [6.07, 6.45) is 3.61. The van der Waals surface area contributed by atoms with Gasteiger partial charge >= 0.3 is 5.97 Å². The van der Waals surface area contributed by atoms with Crippen molar-refractivity contribution in [3.05, 3.63) is 63.1 Å². The number of sulfonamides is 1. The van der Waals surface area contributed by atoms with Crippen molar-refractivity contribution in [2.75, 3.05) is 17.7 Å². The van der Waals surface area contributed by atoms with Crippen LogP contribution in [0.25, 0.3) is 21.5 Å². The highest BCUT2D eigenvalue weighted by Gasteiger charge is 2.48. The summed E-state index contributed by atoms with van der Waals surface area (Å²) < 4.78 is 51.7. The van der Waals surface area contributed by atoms with Crippen molar-refractivity contribution in [2.24, 2.45) is 5.92 Å². The monoisotopic (exact) mass is 664 g/mol. The van der Waals surface area contributed by atoms with Gasteiger partial charge in [0.15, 0.2) is 16.7 Å². The van der Waals surface area contributed by atoms with Crippen molar-refractivity contribution in [3.63, 3.8) is 0 Å². The minimum absolute atomic E-state index is 0.0160. The number of esters is 1. The predicted molar refractivity (Wildman–Crippen MR) is 159 cm³/mol. The van der Waals surface area contributed by atoms with Gasteiger partial charge in [0.25, 0.3) is 5.91 Å². The number of carbonyl (C=O) groups is 2. The van der Waals surface area contributed by atoms with Crippen molar-refractivity contribution in [1.29, 1.82) is 0 Å². The largest absolute Gasteiger partial charge is 0.458 e. The van der Waals surface area contributed by atoms with E-state index in [4.69, 9.17) is 32.5 Å². The molecule has 2 bridgehead atoms. The van der Waals surface area contributed by atoms with Gasteiger partial charge in [-0.25, -0.2) is 27.3 Å². The van der Waals surface area contributed by atoms with Crippen LogP contribution in [-0.4, -0.2) is 55.4 Å². The Morgan fingerprint density at radius 3 is 2.58 bits per heavy atom. The van der Waals surface area contributed by atoms with Gasteiger partial charge in [0.1, 0.15) is 22.9 Å². The molecule has 4 aromatic rings. The zero-order valence-electron chi connectivity index (χ0n) is 22.5. The highest BCUT2D eigenvalue weighted by Crippen LogP contribution is 2.48. The molecule has 15 heteroatoms. The number of hydrogen-bond acceptors (Lipinski definition) is 10. The molecule has 2 aromatic heterocycles. The van der Waals surface area contributed by atoms with Crippen LogP contribution in [0.4, 0.5) is 9.52 Å². The van der Waals surface area contributed by atoms with Crippen molar-refractivity contribution >= 4 is 71.8 Å². The molecule has 3 atom stereocenters. The third kappa shape index (κ3) is 5.26. The Kier molecular flexibility index (Phi) is 6.91. The van der Waals surface area contributed by atoms with E-state index in [1.807, 2.05) is 4.72 Å². The van der Waals surface area contributed by atoms with E-state index in [0.29, 0.717) is 44.2 Å². The van der Waals surface area contributed by atoms with E-state index in [2.05, 4.69) is 15.0 Å². The van der Waals surface area contributed by atoms with Crippen LogP contribution in [0, 0.1) is 11.7 Å². The fourth-order valence-corrected chi connectivity index (χ4v) is 8.09. The number of piperidine rings is 1. The molecule has 43 heavy (non-hydrogen) atoms. The van der Waals surface area contributed by atoms with Crippen LogP contribution in [0.2, 0.25) is 10.0 Å². The lowest BCUT2D eigenvalue weighted by Crippen LogP contribution is -2.39. The molecule has 1 saturated heterocycles. The molecule has 1 amide bonds. The Morgan fingerprint density at radius 2 is 1.93 bits per heavy atom. The van der Waals surface area contributed by atoms with Gasteiger partial charge in [-0.05, 0) is 43.5 Å². The molecule has 3 heterocycles. The lowest BCUT2D eigenvalue weighted by Gasteiger charge is -2.31. The predicted octanol–water partition coefficient (Wildman–Crippen LogP) is 5.79. The van der Waals surface area contributed by atoms with Gasteiger partial charge in [0.05, 0.1) is 21.0 Å². The van der Waals surface area contributed by atoms with Crippen LogP contribution in [-0.2, 0) is 14.8 Å². The lowest BCUT2D eigenvalue weighted by molar-refractivity contribution is 0.0191. The molecule has 0 radical (unpaired) electrons. The van der Waals surface area contributed by atoms with Gasteiger partial charge in [-0.2, -0.15) is 0 Å². The van der Waals surface area contributed by atoms with Crippen LogP contribution in [0.5, 0.6) is 0 Å². The van der Waals surface area contributed by atoms with E-state index in [1.54, 1.807) is 18.2 Å². The van der Waals surface area contributed by atoms with Crippen molar-refractivity contribution in [1.82, 2.24) is 14.9 Å². The van der Waals surface area contributed by atoms with E-state index in [-0.39, 0.29) is 46.3 Å². The van der Waals surface area contributed by atoms with Crippen molar-refractivity contribution < 1.29 is 31.7 Å². The molecule has 0 spiro atoms. The van der Waals surface area contributed by atoms with Crippen LogP contribution < -0.4 is 9.62 Å². The summed E-state index contributed by atoms with van der Waals surface area (Å²) in [5, 5.41) is 5.46. The standard InChI is InChI=1S/C28H23Cl2FN4O6S2/c1-43(38,39)34-26(36)13-8-18(31)23-20(9-13)42-28(32-23)35-11-14-7-15(35)10-19(14)40-27(37)22-24(33-41-25(22)12-5-6-12)21-16(29)3-2-4-17(21)30/h2-4,8-9,12,14-15,19H,5-7,10-11H2,1H3,(H,34,36). The first-order valence-electron chi connectivity index (χ1n) is 13.5. The molecular weight excluding hydrogens is 642 g/mol. The fraction of sp³-hybridized carbons (Fsp3) is 0.357. The summed E-state index contributed by atoms with van der Waals surface area (Å²) >= 11 is 14.1. The highest BCUT2D eigenvalue weighted by atomic mass is 35.5. The Morgan fingerprint density at radius 1 is 1.19 bits per heavy atom. The summed E-state index contributed by atoms with van der Waals surface area (Å²) in [5.74, 6) is -1.55. The first kappa shape index (κ1) is 28.5. The third-order valence-electron chi connectivity index (χ3n) is 8.03. The molecule has 2 aliphatic carbocycles. The van der Waals surface area contributed by atoms with E-state index >= 15 is 0 Å². The van der Waals surface area contributed by atoms with Gasteiger partial charge in [-0.1, -0.05) is 45.8 Å². The van der Waals surface area contributed by atoms with Crippen LogP contribution in [0.1, 0.15) is 58.1 Å². The van der Waals surface area contributed by atoms with Gasteiger partial charge in [-0.3, -0.25) is 4.79 Å². The minimum Gasteiger partial charge on any atom is -0.458 e. The number of nitrogens with one attached hydrogen (secondary N) is 1. The van der Waals surface area contributed by atoms with Crippen molar-refractivity contribution in [2.45, 2.75) is 43.7 Å². The number of hydrogen-bond donors (Lipinski definition) is 1. The second-order valence-corrected chi connectivity index (χ2v) is 14.7. The normalized spacial score (nSPS) is 21.5. The van der Waals surface area contributed by atoms with E-state index in [9.17, 15) is 22.4 Å². The molecule has 224 valence electrons. The average Bonchev–Trinajstić information content (AvgIpc) is 3.26. The number of ether oxygens (including phenoxy) is 1. The van der Waals surface area contributed by atoms with Crippen molar-refractivity contribution in [3.8, 4) is 11.3 Å². The molecule has 2 saturated carbocycles. The lowest BCUT2D eigenvalue weighted by atomic mass is 10.0. The Labute approximate surface area is 259 Å². The number of rotatable bonds is 7. The summed E-state index contributed by atoms with van der Waals surface area (Å²) in [6, 6.07) is 7.48. The first-order valence-corrected chi connectivity index (χ1v) is 17.0. The number of benzene rings is 2. The smallest absolute Gasteiger partial charge is 0.344 e. The molecule has 2 aromatic carbocycles. The van der Waals surface area contributed by atoms with Crippen LogP contribution in [0.3, 0.4) is 0 Å². The molecule has 3 unspecified atom stereocenters. The SMILES string of the molecule is CS(=O)(=O)NC(=O)c1cc(F)c2nc(N3CC4CC3CC4OC(=O)c3c(-c4c(Cl)cccc4Cl)noc3C3CC3)sc2c1. The number of anilines is 1.